The molecular weight excluding hydrogens is 400 g/mol. The van der Waals surface area contributed by atoms with Gasteiger partial charge in [0.1, 0.15) is 0 Å². The number of nitro groups is 1. The molecule has 2 amide bonds. The first kappa shape index (κ1) is 20.3. The first-order valence-electron chi connectivity index (χ1n) is 8.78. The number of likely N-dealkylation sites (tertiary alicyclic amines) is 1. The molecule has 0 saturated carbocycles. The maximum atomic E-state index is 12.8. The molecule has 2 heterocycles. The number of nitrogens with zero attached hydrogens (tertiary/aromatic N) is 3. The molecule has 0 atom stereocenters. The molecule has 0 spiro atoms. The summed E-state index contributed by atoms with van der Waals surface area (Å²) in [5, 5.41) is 16.3. The van der Waals surface area contributed by atoms with Gasteiger partial charge < -0.3 is 10.2 Å². The third kappa shape index (κ3) is 4.87. The van der Waals surface area contributed by atoms with E-state index in [2.05, 4.69) is 10.3 Å². The van der Waals surface area contributed by atoms with Crippen molar-refractivity contribution in [2.24, 2.45) is 0 Å². The van der Waals surface area contributed by atoms with Gasteiger partial charge in [-0.3, -0.25) is 19.7 Å². The molecule has 8 nitrogen and oxygen atoms in total. The molecule has 0 aliphatic carbocycles. The van der Waals surface area contributed by atoms with Gasteiger partial charge in [-0.15, -0.1) is 11.3 Å². The van der Waals surface area contributed by atoms with Gasteiger partial charge in [0.05, 0.1) is 9.82 Å². The van der Waals surface area contributed by atoms with Gasteiger partial charge in [0, 0.05) is 48.8 Å². The van der Waals surface area contributed by atoms with E-state index in [1.807, 2.05) is 12.3 Å². The average molecular weight is 421 g/mol. The molecule has 10 heteroatoms. The predicted molar refractivity (Wildman–Crippen MR) is 107 cm³/mol. The number of nitrogens with one attached hydrogen (secondary N) is 1. The number of amides is 2. The fourth-order valence-electron chi connectivity index (χ4n) is 3.05. The monoisotopic (exact) mass is 420 g/mol. The second-order valence-electron chi connectivity index (χ2n) is 6.56. The smallest absolute Gasteiger partial charge is 0.284 e. The van der Waals surface area contributed by atoms with Crippen molar-refractivity contribution in [3.8, 4) is 0 Å². The van der Waals surface area contributed by atoms with Crippen molar-refractivity contribution in [2.75, 3.05) is 13.1 Å². The van der Waals surface area contributed by atoms with Crippen molar-refractivity contribution in [1.29, 1.82) is 0 Å². The van der Waals surface area contributed by atoms with Gasteiger partial charge in [0.15, 0.2) is 4.34 Å². The van der Waals surface area contributed by atoms with E-state index in [1.54, 1.807) is 17.0 Å². The first-order valence-corrected chi connectivity index (χ1v) is 10.5. The molecule has 0 radical (unpaired) electrons. The van der Waals surface area contributed by atoms with Gasteiger partial charge in [0.2, 0.25) is 5.91 Å². The van der Waals surface area contributed by atoms with Gasteiger partial charge in [-0.05, 0) is 31.9 Å². The second kappa shape index (κ2) is 8.70. The number of hydrogen-bond donors (Lipinski definition) is 1. The number of carbonyl (C=O) groups is 2. The fraction of sp³-hybridized carbons (Fsp3) is 0.389. The summed E-state index contributed by atoms with van der Waals surface area (Å²) in [5.41, 5.74) is 1.06. The SMILES string of the molecule is CC(=O)NC1CCN(C(=O)c2ccc(Sc3nc(C)cs3)c([N+](=O)[O-])c2)CC1. The molecule has 148 valence electrons. The molecule has 1 N–H and O–H groups in total. The molecule has 0 unspecified atom stereocenters. The maximum Gasteiger partial charge on any atom is 0.284 e. The molecule has 28 heavy (non-hydrogen) atoms. The third-order valence-electron chi connectivity index (χ3n) is 4.39. The molecule has 0 bridgehead atoms. The fourth-order valence-corrected chi connectivity index (χ4v) is 4.93. The van der Waals surface area contributed by atoms with Crippen molar-refractivity contribution < 1.29 is 14.5 Å². The van der Waals surface area contributed by atoms with Gasteiger partial charge in [-0.25, -0.2) is 4.98 Å². The number of thiazole rings is 1. The van der Waals surface area contributed by atoms with Crippen LogP contribution in [0.3, 0.4) is 0 Å². The van der Waals surface area contributed by atoms with Crippen LogP contribution in [-0.4, -0.2) is 45.8 Å². The topological polar surface area (TPSA) is 105 Å². The minimum absolute atomic E-state index is 0.0661. The summed E-state index contributed by atoms with van der Waals surface area (Å²) >= 11 is 2.65. The highest BCUT2D eigenvalue weighted by atomic mass is 32.2. The number of rotatable bonds is 5. The van der Waals surface area contributed by atoms with Crippen molar-refractivity contribution in [1.82, 2.24) is 15.2 Å². The summed E-state index contributed by atoms with van der Waals surface area (Å²) < 4.78 is 0.722. The number of hydrogen-bond acceptors (Lipinski definition) is 7. The summed E-state index contributed by atoms with van der Waals surface area (Å²) in [5.74, 6) is -0.310. The van der Waals surface area contributed by atoms with Crippen molar-refractivity contribution in [3.05, 3.63) is 45.0 Å². The van der Waals surface area contributed by atoms with E-state index in [-0.39, 0.29) is 23.5 Å². The van der Waals surface area contributed by atoms with Crippen LogP contribution in [0, 0.1) is 17.0 Å². The highest BCUT2D eigenvalue weighted by Crippen LogP contribution is 2.37. The third-order valence-corrected chi connectivity index (χ3v) is 6.51. The lowest BCUT2D eigenvalue weighted by Crippen LogP contribution is -2.46. The minimum atomic E-state index is -0.470. The number of nitro benzene ring substituents is 1. The van der Waals surface area contributed by atoms with Crippen LogP contribution >= 0.6 is 23.1 Å². The minimum Gasteiger partial charge on any atom is -0.353 e. The van der Waals surface area contributed by atoms with E-state index in [0.29, 0.717) is 36.4 Å². The summed E-state index contributed by atoms with van der Waals surface area (Å²) in [6.07, 6.45) is 1.34. The Bertz CT molecular complexity index is 907. The van der Waals surface area contributed by atoms with Crippen LogP contribution in [0.2, 0.25) is 0 Å². The number of aromatic nitrogens is 1. The maximum absolute atomic E-state index is 12.8. The lowest BCUT2D eigenvalue weighted by atomic mass is 10.0. The highest BCUT2D eigenvalue weighted by Gasteiger charge is 2.26. The Balaban J connectivity index is 1.73. The average Bonchev–Trinajstić information content (AvgIpc) is 3.06. The van der Waals surface area contributed by atoms with Crippen LogP contribution < -0.4 is 5.32 Å². The highest BCUT2D eigenvalue weighted by molar-refractivity contribution is 8.01. The molecule has 2 aromatic rings. The Kier molecular flexibility index (Phi) is 6.30. The zero-order chi connectivity index (χ0) is 20.3. The van der Waals surface area contributed by atoms with Crippen LogP contribution in [0.1, 0.15) is 35.8 Å². The van der Waals surface area contributed by atoms with E-state index >= 15 is 0 Å². The quantitative estimate of drug-likeness (QED) is 0.588. The molecule has 1 aliphatic heterocycles. The molecule has 1 saturated heterocycles. The zero-order valence-electron chi connectivity index (χ0n) is 15.5. The predicted octanol–water partition coefficient (Wildman–Crippen LogP) is 3.25. The zero-order valence-corrected chi connectivity index (χ0v) is 17.1. The van der Waals surface area contributed by atoms with Gasteiger partial charge in [-0.2, -0.15) is 0 Å². The first-order chi connectivity index (χ1) is 13.3. The van der Waals surface area contributed by atoms with Crippen LogP contribution in [-0.2, 0) is 4.79 Å². The Labute approximate surface area is 170 Å². The van der Waals surface area contributed by atoms with E-state index in [4.69, 9.17) is 0 Å². The molecule has 1 aromatic carbocycles. The summed E-state index contributed by atoms with van der Waals surface area (Å²) in [7, 11) is 0. The number of benzene rings is 1. The van der Waals surface area contributed by atoms with Crippen molar-refractivity contribution in [3.63, 3.8) is 0 Å². The Morgan fingerprint density at radius 3 is 2.64 bits per heavy atom. The Morgan fingerprint density at radius 1 is 1.36 bits per heavy atom. The van der Waals surface area contributed by atoms with E-state index in [9.17, 15) is 19.7 Å². The van der Waals surface area contributed by atoms with Crippen molar-refractivity contribution in [2.45, 2.75) is 42.0 Å². The number of aryl methyl sites for hydroxylation is 1. The number of carbonyl (C=O) groups excluding carboxylic acids is 2. The molecule has 1 fully saturated rings. The van der Waals surface area contributed by atoms with Crippen LogP contribution in [0.5, 0.6) is 0 Å². The Hall–Kier alpha value is -2.46. The number of piperidine rings is 1. The van der Waals surface area contributed by atoms with Crippen LogP contribution in [0.4, 0.5) is 5.69 Å². The van der Waals surface area contributed by atoms with Gasteiger partial charge in [-0.1, -0.05) is 11.8 Å². The summed E-state index contributed by atoms with van der Waals surface area (Å²) in [4.78, 5) is 41.4. The normalized spacial score (nSPS) is 14.7. The van der Waals surface area contributed by atoms with Crippen molar-refractivity contribution >= 4 is 40.6 Å². The Morgan fingerprint density at radius 2 is 2.07 bits per heavy atom. The molecule has 1 aliphatic rings. The summed E-state index contributed by atoms with van der Waals surface area (Å²) in [6, 6.07) is 4.64. The standard InChI is InChI=1S/C18H20N4O4S2/c1-11-10-27-18(19-11)28-16-4-3-13(9-15(16)22(25)26)17(24)21-7-5-14(6-8-21)20-12(2)23/h3-4,9-10,14H,5-8H2,1-2H3,(H,20,23). The van der Waals surface area contributed by atoms with E-state index in [0.717, 1.165) is 10.0 Å². The summed E-state index contributed by atoms with van der Waals surface area (Å²) in [6.45, 7) is 4.36. The second-order valence-corrected chi connectivity index (χ2v) is 8.71. The molecular formula is C18H20N4O4S2. The van der Waals surface area contributed by atoms with Gasteiger partial charge >= 0.3 is 0 Å². The lowest BCUT2D eigenvalue weighted by Gasteiger charge is -2.32. The largest absolute Gasteiger partial charge is 0.353 e. The lowest BCUT2D eigenvalue weighted by molar-refractivity contribution is -0.387. The van der Waals surface area contributed by atoms with Gasteiger partial charge in [0.25, 0.3) is 11.6 Å². The van der Waals surface area contributed by atoms with Crippen LogP contribution in [0.25, 0.3) is 0 Å². The van der Waals surface area contributed by atoms with Crippen LogP contribution in [0.15, 0.2) is 32.8 Å². The van der Waals surface area contributed by atoms with E-state index in [1.165, 1.54) is 36.1 Å². The molecule has 3 rings (SSSR count). The molecule has 1 aromatic heterocycles. The van der Waals surface area contributed by atoms with E-state index < -0.39 is 4.92 Å².